The van der Waals surface area contributed by atoms with E-state index < -0.39 is 12.1 Å². The molecule has 0 aromatic heterocycles. The Balaban J connectivity index is 1.59. The Morgan fingerprint density at radius 2 is 1.55 bits per heavy atom. The second-order valence-corrected chi connectivity index (χ2v) is 8.36. The first-order valence-corrected chi connectivity index (χ1v) is 10.8. The van der Waals surface area contributed by atoms with Crippen molar-refractivity contribution >= 4 is 40.6 Å². The summed E-state index contributed by atoms with van der Waals surface area (Å²) in [6.45, 7) is 7.17. The fraction of sp³-hybridized carbons (Fsp3) is 0.391. The molecule has 8 heteroatoms. The first-order valence-electron chi connectivity index (χ1n) is 10.5. The molecule has 166 valence electrons. The van der Waals surface area contributed by atoms with Crippen molar-refractivity contribution in [3.63, 3.8) is 0 Å². The van der Waals surface area contributed by atoms with E-state index in [0.717, 1.165) is 32.0 Å². The number of morpholine rings is 1. The van der Waals surface area contributed by atoms with E-state index in [1.165, 1.54) is 0 Å². The molecule has 1 aliphatic heterocycles. The SMILES string of the molecule is CC(C)C[C@H](NC(=O)Nc1ccc(Cl)cc1)C(=O)Nc1ccc(N2CCOCC2)cc1. The standard InChI is InChI=1S/C23H29ClN4O3/c1-16(2)15-21(27-23(30)26-19-5-3-17(24)4-6-19)22(29)25-18-7-9-20(10-8-18)28-11-13-31-14-12-28/h3-10,16,21H,11-15H2,1-2H3,(H,25,29)(H2,26,27,30)/t21-/m0/s1. The van der Waals surface area contributed by atoms with Crippen LogP contribution in [-0.2, 0) is 9.53 Å². The fourth-order valence-corrected chi connectivity index (χ4v) is 3.49. The van der Waals surface area contributed by atoms with Gasteiger partial charge in [-0.15, -0.1) is 0 Å². The summed E-state index contributed by atoms with van der Waals surface area (Å²) in [6, 6.07) is 13.4. The van der Waals surface area contributed by atoms with Gasteiger partial charge in [-0.05, 0) is 60.9 Å². The minimum absolute atomic E-state index is 0.232. The Bertz CT molecular complexity index is 865. The van der Waals surface area contributed by atoms with Crippen molar-refractivity contribution in [3.05, 3.63) is 53.6 Å². The zero-order valence-electron chi connectivity index (χ0n) is 17.9. The van der Waals surface area contributed by atoms with Crippen LogP contribution in [0.25, 0.3) is 0 Å². The second-order valence-electron chi connectivity index (χ2n) is 7.92. The molecule has 1 fully saturated rings. The van der Waals surface area contributed by atoms with Crippen LogP contribution in [0.4, 0.5) is 21.9 Å². The van der Waals surface area contributed by atoms with Gasteiger partial charge in [0.15, 0.2) is 0 Å². The maximum Gasteiger partial charge on any atom is 0.319 e. The van der Waals surface area contributed by atoms with Crippen molar-refractivity contribution in [1.29, 1.82) is 0 Å². The van der Waals surface area contributed by atoms with Crippen LogP contribution >= 0.6 is 11.6 Å². The van der Waals surface area contributed by atoms with Gasteiger partial charge in [0.1, 0.15) is 6.04 Å². The summed E-state index contributed by atoms with van der Waals surface area (Å²) in [4.78, 5) is 27.5. The lowest BCUT2D eigenvalue weighted by Crippen LogP contribution is -2.46. The molecule has 3 rings (SSSR count). The number of anilines is 3. The van der Waals surface area contributed by atoms with Crippen LogP contribution < -0.4 is 20.9 Å². The minimum atomic E-state index is -0.661. The number of nitrogens with one attached hydrogen (secondary N) is 3. The molecular weight excluding hydrogens is 416 g/mol. The smallest absolute Gasteiger partial charge is 0.319 e. The molecule has 0 aliphatic carbocycles. The first kappa shape index (κ1) is 22.9. The van der Waals surface area contributed by atoms with Crippen LogP contribution in [0.1, 0.15) is 20.3 Å². The lowest BCUT2D eigenvalue weighted by atomic mass is 10.0. The van der Waals surface area contributed by atoms with Crippen LogP contribution in [0, 0.1) is 5.92 Å². The van der Waals surface area contributed by atoms with Crippen LogP contribution in [-0.4, -0.2) is 44.3 Å². The molecule has 7 nitrogen and oxygen atoms in total. The molecule has 3 amide bonds. The molecule has 1 atom stereocenters. The average molecular weight is 445 g/mol. The third-order valence-electron chi connectivity index (χ3n) is 4.94. The zero-order chi connectivity index (χ0) is 22.2. The first-order chi connectivity index (χ1) is 14.9. The summed E-state index contributed by atoms with van der Waals surface area (Å²) in [5, 5.41) is 9.01. The van der Waals surface area contributed by atoms with Gasteiger partial charge in [-0.3, -0.25) is 4.79 Å². The van der Waals surface area contributed by atoms with E-state index in [-0.39, 0.29) is 11.8 Å². The molecule has 0 unspecified atom stereocenters. The van der Waals surface area contributed by atoms with E-state index >= 15 is 0 Å². The van der Waals surface area contributed by atoms with Gasteiger partial charge in [0.25, 0.3) is 0 Å². The molecule has 0 radical (unpaired) electrons. The lowest BCUT2D eigenvalue weighted by molar-refractivity contribution is -0.118. The van der Waals surface area contributed by atoms with Crippen molar-refractivity contribution < 1.29 is 14.3 Å². The summed E-state index contributed by atoms with van der Waals surface area (Å²) in [6.07, 6.45) is 0.520. The van der Waals surface area contributed by atoms with E-state index in [9.17, 15) is 9.59 Å². The monoisotopic (exact) mass is 444 g/mol. The summed E-state index contributed by atoms with van der Waals surface area (Å²) in [7, 11) is 0. The van der Waals surface area contributed by atoms with Gasteiger partial charge in [-0.25, -0.2) is 4.79 Å². The van der Waals surface area contributed by atoms with Gasteiger partial charge in [0, 0.05) is 35.2 Å². The third kappa shape index (κ3) is 7.15. The number of carbonyl (C=O) groups excluding carboxylic acids is 2. The number of hydrogen-bond donors (Lipinski definition) is 3. The van der Waals surface area contributed by atoms with E-state index in [1.807, 2.05) is 38.1 Å². The Labute approximate surface area is 188 Å². The minimum Gasteiger partial charge on any atom is -0.378 e. The Morgan fingerprint density at radius 1 is 0.968 bits per heavy atom. The number of carbonyl (C=O) groups is 2. The highest BCUT2D eigenvalue weighted by atomic mass is 35.5. The Hall–Kier alpha value is -2.77. The Morgan fingerprint density at radius 3 is 2.16 bits per heavy atom. The second kappa shape index (κ2) is 11.0. The molecule has 3 N–H and O–H groups in total. The quantitative estimate of drug-likeness (QED) is 0.592. The average Bonchev–Trinajstić information content (AvgIpc) is 2.76. The summed E-state index contributed by atoms with van der Waals surface area (Å²) >= 11 is 5.87. The van der Waals surface area contributed by atoms with Gasteiger partial charge in [0.2, 0.25) is 5.91 Å². The van der Waals surface area contributed by atoms with Gasteiger partial charge in [0.05, 0.1) is 13.2 Å². The number of hydrogen-bond acceptors (Lipinski definition) is 4. The highest BCUT2D eigenvalue weighted by molar-refractivity contribution is 6.30. The largest absolute Gasteiger partial charge is 0.378 e. The molecule has 1 heterocycles. The highest BCUT2D eigenvalue weighted by Crippen LogP contribution is 2.20. The van der Waals surface area contributed by atoms with Crippen LogP contribution in [0.15, 0.2) is 48.5 Å². The number of nitrogens with zero attached hydrogens (tertiary/aromatic N) is 1. The molecule has 0 bridgehead atoms. The van der Waals surface area contributed by atoms with E-state index in [0.29, 0.717) is 22.8 Å². The van der Waals surface area contributed by atoms with Crippen molar-refractivity contribution in [3.8, 4) is 0 Å². The number of urea groups is 1. The molecule has 1 aliphatic rings. The van der Waals surface area contributed by atoms with E-state index in [1.54, 1.807) is 24.3 Å². The predicted molar refractivity (Wildman–Crippen MR) is 125 cm³/mol. The number of benzene rings is 2. The Kier molecular flexibility index (Phi) is 8.14. The van der Waals surface area contributed by atoms with Crippen molar-refractivity contribution in [2.24, 2.45) is 5.92 Å². The van der Waals surface area contributed by atoms with Crippen molar-refractivity contribution in [2.45, 2.75) is 26.3 Å². The van der Waals surface area contributed by atoms with Gasteiger partial charge in [-0.2, -0.15) is 0 Å². The number of rotatable bonds is 7. The molecule has 1 saturated heterocycles. The summed E-state index contributed by atoms with van der Waals surface area (Å²) < 4.78 is 5.39. The van der Waals surface area contributed by atoms with E-state index in [4.69, 9.17) is 16.3 Å². The number of amides is 3. The summed E-state index contributed by atoms with van der Waals surface area (Å²) in [5.74, 6) is -0.0191. The topological polar surface area (TPSA) is 82.7 Å². The van der Waals surface area contributed by atoms with Gasteiger partial charge >= 0.3 is 6.03 Å². The molecule has 2 aromatic rings. The number of halogens is 1. The number of ether oxygens (including phenoxy) is 1. The van der Waals surface area contributed by atoms with Gasteiger partial charge in [-0.1, -0.05) is 25.4 Å². The van der Waals surface area contributed by atoms with E-state index in [2.05, 4.69) is 20.9 Å². The van der Waals surface area contributed by atoms with Gasteiger partial charge < -0.3 is 25.6 Å². The molecular formula is C23H29ClN4O3. The molecule has 0 saturated carbocycles. The summed E-state index contributed by atoms with van der Waals surface area (Å²) in [5.41, 5.74) is 2.39. The van der Waals surface area contributed by atoms with Crippen molar-refractivity contribution in [1.82, 2.24) is 5.32 Å². The normalized spacial score (nSPS) is 14.8. The maximum absolute atomic E-state index is 12.9. The third-order valence-corrected chi connectivity index (χ3v) is 5.19. The van der Waals surface area contributed by atoms with Crippen LogP contribution in [0.3, 0.4) is 0 Å². The lowest BCUT2D eigenvalue weighted by Gasteiger charge is -2.29. The molecule has 0 spiro atoms. The van der Waals surface area contributed by atoms with Crippen LogP contribution in [0.2, 0.25) is 5.02 Å². The molecule has 2 aromatic carbocycles. The molecule has 31 heavy (non-hydrogen) atoms. The fourth-order valence-electron chi connectivity index (χ4n) is 3.37. The predicted octanol–water partition coefficient (Wildman–Crippen LogP) is 4.35. The van der Waals surface area contributed by atoms with Crippen molar-refractivity contribution in [2.75, 3.05) is 41.8 Å². The maximum atomic E-state index is 12.9. The zero-order valence-corrected chi connectivity index (χ0v) is 18.6. The highest BCUT2D eigenvalue weighted by Gasteiger charge is 2.22. The van der Waals surface area contributed by atoms with Crippen LogP contribution in [0.5, 0.6) is 0 Å².